The molecule has 0 saturated heterocycles. The second-order valence-electron chi connectivity index (χ2n) is 8.27. The van der Waals surface area contributed by atoms with E-state index in [4.69, 9.17) is 11.6 Å². The monoisotopic (exact) mass is 517 g/mol. The summed E-state index contributed by atoms with van der Waals surface area (Å²) >= 11 is 6.47. The van der Waals surface area contributed by atoms with Gasteiger partial charge in [0.2, 0.25) is 0 Å². The molecule has 0 saturated carbocycles. The van der Waals surface area contributed by atoms with Crippen LogP contribution in [0.5, 0.6) is 0 Å². The molecule has 0 unspecified atom stereocenters. The number of aryl methyl sites for hydroxylation is 1. The van der Waals surface area contributed by atoms with E-state index in [9.17, 15) is 22.6 Å². The summed E-state index contributed by atoms with van der Waals surface area (Å²) in [6.45, 7) is 4.96. The molecule has 34 heavy (non-hydrogen) atoms. The number of aromatic nitrogens is 2. The average Bonchev–Trinajstić information content (AvgIpc) is 2.74. The minimum absolute atomic E-state index is 0.0581. The third-order valence-corrected chi connectivity index (χ3v) is 8.67. The van der Waals surface area contributed by atoms with Crippen molar-refractivity contribution in [2.75, 3.05) is 18.1 Å². The molecule has 11 heteroatoms. The van der Waals surface area contributed by atoms with Crippen LogP contribution in [-0.4, -0.2) is 31.7 Å². The van der Waals surface area contributed by atoms with E-state index in [1.165, 1.54) is 18.2 Å². The van der Waals surface area contributed by atoms with Gasteiger partial charge in [-0.2, -0.15) is 0 Å². The zero-order valence-electron chi connectivity index (χ0n) is 18.5. The number of nitrogens with one attached hydrogen (secondary N) is 3. The fourth-order valence-corrected chi connectivity index (χ4v) is 6.06. The van der Waals surface area contributed by atoms with E-state index in [2.05, 4.69) is 14.7 Å². The van der Waals surface area contributed by atoms with Crippen molar-refractivity contribution < 1.29 is 13.0 Å². The van der Waals surface area contributed by atoms with Crippen LogP contribution >= 0.6 is 18.7 Å². The molecule has 3 aromatic carbocycles. The van der Waals surface area contributed by atoms with Crippen LogP contribution in [0.3, 0.4) is 0 Å². The lowest BCUT2D eigenvalue weighted by Crippen LogP contribution is -2.29. The average molecular weight is 518 g/mol. The Bertz CT molecular complexity index is 1720. The third kappa shape index (κ3) is 4.73. The molecule has 8 nitrogen and oxygen atoms in total. The van der Waals surface area contributed by atoms with Crippen LogP contribution in [0.2, 0.25) is 5.02 Å². The van der Waals surface area contributed by atoms with Gasteiger partial charge in [-0.3, -0.25) is 14.3 Å². The van der Waals surface area contributed by atoms with Gasteiger partial charge in [-0.25, -0.2) is 8.42 Å². The molecule has 4 rings (SSSR count). The number of anilines is 1. The molecule has 0 aliphatic carbocycles. The van der Waals surface area contributed by atoms with E-state index in [0.29, 0.717) is 21.7 Å². The van der Waals surface area contributed by atoms with Crippen LogP contribution in [0.4, 0.5) is 5.69 Å². The maximum absolute atomic E-state index is 13.1. The Balaban J connectivity index is 1.69. The van der Waals surface area contributed by atoms with Crippen molar-refractivity contribution in [3.63, 3.8) is 0 Å². The first kappa shape index (κ1) is 24.0. The molecule has 0 fully saturated rings. The van der Waals surface area contributed by atoms with Crippen LogP contribution in [0.25, 0.3) is 22.2 Å². The Morgan fingerprint density at radius 1 is 0.912 bits per heavy atom. The minimum Gasteiger partial charge on any atom is -0.319 e. The number of rotatable bonds is 5. The number of hydrogen-bond acceptors (Lipinski definition) is 5. The number of fused-ring (bicyclic) bond motifs is 1. The standard InChI is InChI=1S/C23H21ClN3O5PS/c1-13-9-19-20(26-23(29)22(28)25-19)12-21(13)34(31,32)27-15-7-8-17(18(24)11-15)14-5-4-6-16(10-14)33(2,3)30/h4-12,27H,1-3H3,(H,25,28)(H,26,29). The predicted octanol–water partition coefficient (Wildman–Crippen LogP) is 3.89. The highest BCUT2D eigenvalue weighted by Crippen LogP contribution is 2.37. The zero-order chi connectivity index (χ0) is 24.8. The molecular weight excluding hydrogens is 497 g/mol. The number of halogens is 1. The Labute approximate surface area is 200 Å². The summed E-state index contributed by atoms with van der Waals surface area (Å²) in [5.41, 5.74) is 0.879. The van der Waals surface area contributed by atoms with Gasteiger partial charge >= 0.3 is 11.1 Å². The van der Waals surface area contributed by atoms with Gasteiger partial charge in [0.15, 0.2) is 0 Å². The Morgan fingerprint density at radius 2 is 1.56 bits per heavy atom. The maximum atomic E-state index is 13.1. The largest absolute Gasteiger partial charge is 0.319 e. The molecule has 1 aromatic heterocycles. The molecule has 0 amide bonds. The number of benzene rings is 3. The predicted molar refractivity (Wildman–Crippen MR) is 137 cm³/mol. The van der Waals surface area contributed by atoms with Crippen LogP contribution < -0.4 is 21.1 Å². The molecule has 0 aliphatic rings. The normalized spacial score (nSPS) is 12.1. The lowest BCUT2D eigenvalue weighted by Gasteiger charge is -2.14. The minimum atomic E-state index is -4.04. The molecule has 0 spiro atoms. The first-order chi connectivity index (χ1) is 15.8. The number of hydrogen-bond donors (Lipinski definition) is 3. The summed E-state index contributed by atoms with van der Waals surface area (Å²) in [5.74, 6) is 0. The number of H-pyrrole nitrogens is 2. The van der Waals surface area contributed by atoms with E-state index in [1.807, 2.05) is 12.1 Å². The summed E-state index contributed by atoms with van der Waals surface area (Å²) in [7, 11) is -6.50. The lowest BCUT2D eigenvalue weighted by atomic mass is 10.1. The molecule has 1 heterocycles. The summed E-state index contributed by atoms with van der Waals surface area (Å²) < 4.78 is 41.1. The molecular formula is C23H21ClN3O5PS. The lowest BCUT2D eigenvalue weighted by molar-refractivity contribution is 0.588. The van der Waals surface area contributed by atoms with Gasteiger partial charge in [0.05, 0.1) is 26.6 Å². The number of aromatic amines is 2. The van der Waals surface area contributed by atoms with Crippen LogP contribution in [-0.2, 0) is 14.6 Å². The summed E-state index contributed by atoms with van der Waals surface area (Å²) in [6.07, 6.45) is 0. The van der Waals surface area contributed by atoms with E-state index < -0.39 is 28.3 Å². The molecule has 0 aliphatic heterocycles. The Morgan fingerprint density at radius 3 is 2.18 bits per heavy atom. The van der Waals surface area contributed by atoms with Gasteiger partial charge in [-0.05, 0) is 61.7 Å². The third-order valence-electron chi connectivity index (χ3n) is 5.31. The van der Waals surface area contributed by atoms with Crippen LogP contribution in [0.15, 0.2) is 69.1 Å². The highest BCUT2D eigenvalue weighted by atomic mass is 35.5. The van der Waals surface area contributed by atoms with E-state index >= 15 is 0 Å². The smallest absolute Gasteiger partial charge is 0.314 e. The van der Waals surface area contributed by atoms with Crippen LogP contribution in [0.1, 0.15) is 5.56 Å². The van der Waals surface area contributed by atoms with Crippen LogP contribution in [0, 0.1) is 6.92 Å². The molecule has 3 N–H and O–H groups in total. The van der Waals surface area contributed by atoms with Gasteiger partial charge in [0.1, 0.15) is 7.14 Å². The molecule has 176 valence electrons. The van der Waals surface area contributed by atoms with E-state index in [1.54, 1.807) is 44.5 Å². The van der Waals surface area contributed by atoms with E-state index in [0.717, 1.165) is 10.9 Å². The molecule has 0 radical (unpaired) electrons. The van der Waals surface area contributed by atoms with Gasteiger partial charge in [-0.15, -0.1) is 0 Å². The SMILES string of the molecule is Cc1cc2[nH]c(=O)c(=O)[nH]c2cc1S(=O)(=O)Nc1ccc(-c2cccc(P(C)(C)=O)c2)c(Cl)c1. The zero-order valence-corrected chi connectivity index (χ0v) is 20.9. The van der Waals surface area contributed by atoms with E-state index in [-0.39, 0.29) is 16.1 Å². The summed E-state index contributed by atoms with van der Waals surface area (Å²) in [4.78, 5) is 27.9. The fraction of sp³-hybridized carbons (Fsp3) is 0.130. The Hall–Kier alpha value is -3.13. The summed E-state index contributed by atoms with van der Waals surface area (Å²) in [6, 6.07) is 14.8. The highest BCUT2D eigenvalue weighted by molar-refractivity contribution is 7.92. The fourth-order valence-electron chi connectivity index (χ4n) is 3.57. The highest BCUT2D eigenvalue weighted by Gasteiger charge is 2.20. The van der Waals surface area contributed by atoms with Crippen molar-refractivity contribution in [3.05, 3.63) is 85.9 Å². The van der Waals surface area contributed by atoms with Gasteiger partial charge in [0.25, 0.3) is 10.0 Å². The van der Waals surface area contributed by atoms with Crippen molar-refractivity contribution in [1.82, 2.24) is 9.97 Å². The van der Waals surface area contributed by atoms with Crippen molar-refractivity contribution >= 4 is 50.8 Å². The first-order valence-electron chi connectivity index (χ1n) is 10.1. The number of sulfonamides is 1. The molecule has 0 bridgehead atoms. The molecule has 4 aromatic rings. The maximum Gasteiger partial charge on any atom is 0.314 e. The van der Waals surface area contributed by atoms with Gasteiger partial charge in [-0.1, -0.05) is 35.9 Å². The van der Waals surface area contributed by atoms with Crippen molar-refractivity contribution in [3.8, 4) is 11.1 Å². The Kier molecular flexibility index (Phi) is 6.06. The van der Waals surface area contributed by atoms with Gasteiger partial charge in [0, 0.05) is 10.9 Å². The van der Waals surface area contributed by atoms with Crippen molar-refractivity contribution in [2.24, 2.45) is 0 Å². The quantitative estimate of drug-likeness (QED) is 0.273. The van der Waals surface area contributed by atoms with Gasteiger partial charge < -0.3 is 14.5 Å². The first-order valence-corrected chi connectivity index (χ1v) is 14.6. The topological polar surface area (TPSA) is 129 Å². The second-order valence-corrected chi connectivity index (χ2v) is 13.5. The summed E-state index contributed by atoms with van der Waals surface area (Å²) in [5, 5.41) is 1.04. The van der Waals surface area contributed by atoms with Crippen molar-refractivity contribution in [2.45, 2.75) is 11.8 Å². The molecule has 0 atom stereocenters. The van der Waals surface area contributed by atoms with Crippen molar-refractivity contribution in [1.29, 1.82) is 0 Å². The second kappa shape index (κ2) is 8.58.